The Morgan fingerprint density at radius 2 is 2.16 bits per heavy atom. The highest BCUT2D eigenvalue weighted by Crippen LogP contribution is 2.09. The van der Waals surface area contributed by atoms with Gasteiger partial charge in [0.05, 0.1) is 6.61 Å². The van der Waals surface area contributed by atoms with Crippen molar-refractivity contribution in [2.75, 3.05) is 33.3 Å². The Balaban J connectivity index is 1.94. The maximum Gasteiger partial charge on any atom is 0.305 e. The van der Waals surface area contributed by atoms with E-state index in [1.54, 1.807) is 0 Å². The van der Waals surface area contributed by atoms with Crippen LogP contribution in [0.5, 0.6) is 0 Å². The first kappa shape index (κ1) is 16.4. The quantitative estimate of drug-likeness (QED) is 0.515. The monoisotopic (exact) mass is 270 g/mol. The van der Waals surface area contributed by atoms with Crippen LogP contribution >= 0.6 is 0 Å². The van der Waals surface area contributed by atoms with Crippen molar-refractivity contribution in [3.63, 3.8) is 0 Å². The Morgan fingerprint density at radius 1 is 1.32 bits per heavy atom. The van der Waals surface area contributed by atoms with E-state index in [2.05, 4.69) is 17.3 Å². The molecule has 4 nitrogen and oxygen atoms in total. The van der Waals surface area contributed by atoms with Gasteiger partial charge in [0.2, 0.25) is 0 Å². The van der Waals surface area contributed by atoms with E-state index in [9.17, 15) is 4.79 Å². The summed E-state index contributed by atoms with van der Waals surface area (Å²) >= 11 is 0. The molecule has 112 valence electrons. The Hall–Kier alpha value is -0.610. The number of ether oxygens (including phenoxy) is 1. The molecule has 1 rings (SSSR count). The molecule has 1 saturated heterocycles. The minimum atomic E-state index is -0.0535. The number of rotatable bonds is 9. The van der Waals surface area contributed by atoms with Crippen LogP contribution < -0.4 is 5.32 Å². The molecule has 0 spiro atoms. The molecular weight excluding hydrogens is 240 g/mol. The number of piperidine rings is 1. The second kappa shape index (κ2) is 10.2. The van der Waals surface area contributed by atoms with Gasteiger partial charge in [-0.3, -0.25) is 4.79 Å². The summed E-state index contributed by atoms with van der Waals surface area (Å²) in [5, 5.41) is 3.58. The van der Waals surface area contributed by atoms with Gasteiger partial charge in [-0.1, -0.05) is 12.8 Å². The van der Waals surface area contributed by atoms with E-state index in [0.29, 0.717) is 19.1 Å². The van der Waals surface area contributed by atoms with Crippen molar-refractivity contribution < 1.29 is 9.53 Å². The fourth-order valence-corrected chi connectivity index (χ4v) is 2.61. The zero-order chi connectivity index (χ0) is 13.9. The first-order chi connectivity index (χ1) is 9.22. The highest BCUT2D eigenvalue weighted by Gasteiger charge is 2.14. The van der Waals surface area contributed by atoms with E-state index >= 15 is 0 Å². The van der Waals surface area contributed by atoms with Crippen molar-refractivity contribution in [1.29, 1.82) is 0 Å². The molecule has 1 atom stereocenters. The standard InChI is InChI=1S/C15H30N2O2/c1-3-19-15(18)10-5-4-8-12-17(2)13-14-9-6-7-11-16-14/h14,16H,3-13H2,1-2H3. The summed E-state index contributed by atoms with van der Waals surface area (Å²) in [7, 11) is 2.20. The summed E-state index contributed by atoms with van der Waals surface area (Å²) in [4.78, 5) is 13.6. The maximum absolute atomic E-state index is 11.2. The number of likely N-dealkylation sites (N-methyl/N-ethyl adjacent to an activating group) is 1. The van der Waals surface area contributed by atoms with Gasteiger partial charge in [-0.15, -0.1) is 0 Å². The predicted molar refractivity (Wildman–Crippen MR) is 78.2 cm³/mol. The number of carbonyl (C=O) groups is 1. The van der Waals surface area contributed by atoms with Crippen LogP contribution in [0.15, 0.2) is 0 Å². The number of nitrogens with one attached hydrogen (secondary N) is 1. The zero-order valence-electron chi connectivity index (χ0n) is 12.6. The summed E-state index contributed by atoms with van der Waals surface area (Å²) < 4.78 is 4.91. The van der Waals surface area contributed by atoms with Gasteiger partial charge in [0.1, 0.15) is 0 Å². The molecule has 0 radical (unpaired) electrons. The third-order valence-electron chi connectivity index (χ3n) is 3.67. The Bertz CT molecular complexity index is 240. The predicted octanol–water partition coefficient (Wildman–Crippen LogP) is 2.18. The number of esters is 1. The second-order valence-electron chi connectivity index (χ2n) is 5.52. The molecule has 0 aromatic carbocycles. The van der Waals surface area contributed by atoms with Crippen LogP contribution in [0.3, 0.4) is 0 Å². The van der Waals surface area contributed by atoms with Crippen LogP contribution in [-0.4, -0.2) is 50.2 Å². The molecule has 1 unspecified atom stereocenters. The third-order valence-corrected chi connectivity index (χ3v) is 3.67. The van der Waals surface area contributed by atoms with Crippen LogP contribution in [0, 0.1) is 0 Å². The molecule has 0 aromatic rings. The number of hydrogen-bond acceptors (Lipinski definition) is 4. The van der Waals surface area contributed by atoms with E-state index in [1.807, 2.05) is 6.92 Å². The average Bonchev–Trinajstić information content (AvgIpc) is 2.40. The third kappa shape index (κ3) is 8.22. The summed E-state index contributed by atoms with van der Waals surface area (Å²) in [5.74, 6) is -0.0535. The van der Waals surface area contributed by atoms with Gasteiger partial charge in [-0.25, -0.2) is 0 Å². The highest BCUT2D eigenvalue weighted by molar-refractivity contribution is 5.69. The van der Waals surface area contributed by atoms with E-state index in [0.717, 1.165) is 25.9 Å². The molecule has 1 aliphatic rings. The molecule has 0 aromatic heterocycles. The molecular formula is C15H30N2O2. The topological polar surface area (TPSA) is 41.6 Å². The van der Waals surface area contributed by atoms with Crippen molar-refractivity contribution in [2.45, 2.75) is 57.9 Å². The normalized spacial score (nSPS) is 19.6. The maximum atomic E-state index is 11.2. The zero-order valence-corrected chi connectivity index (χ0v) is 12.6. The molecule has 4 heteroatoms. The fraction of sp³-hybridized carbons (Fsp3) is 0.933. The summed E-state index contributed by atoms with van der Waals surface area (Å²) in [6.45, 7) is 5.80. The van der Waals surface area contributed by atoms with Gasteiger partial charge in [0.15, 0.2) is 0 Å². The SMILES string of the molecule is CCOC(=O)CCCCCN(C)CC1CCCCN1. The first-order valence-corrected chi connectivity index (χ1v) is 7.80. The Morgan fingerprint density at radius 3 is 2.84 bits per heavy atom. The van der Waals surface area contributed by atoms with E-state index in [-0.39, 0.29) is 5.97 Å². The average molecular weight is 270 g/mol. The lowest BCUT2D eigenvalue weighted by Crippen LogP contribution is -2.42. The number of nitrogens with zero attached hydrogens (tertiary/aromatic N) is 1. The molecule has 1 aliphatic heterocycles. The lowest BCUT2D eigenvalue weighted by Gasteiger charge is -2.28. The first-order valence-electron chi connectivity index (χ1n) is 7.80. The molecule has 19 heavy (non-hydrogen) atoms. The summed E-state index contributed by atoms with van der Waals surface area (Å²) in [5.41, 5.74) is 0. The van der Waals surface area contributed by atoms with Gasteiger partial charge in [0, 0.05) is 19.0 Å². The van der Waals surface area contributed by atoms with Crippen molar-refractivity contribution in [2.24, 2.45) is 0 Å². The summed E-state index contributed by atoms with van der Waals surface area (Å²) in [6, 6.07) is 0.679. The van der Waals surface area contributed by atoms with Gasteiger partial charge in [-0.05, 0) is 52.7 Å². The number of unbranched alkanes of at least 4 members (excludes halogenated alkanes) is 2. The molecule has 0 saturated carbocycles. The molecule has 0 bridgehead atoms. The second-order valence-corrected chi connectivity index (χ2v) is 5.52. The lowest BCUT2D eigenvalue weighted by molar-refractivity contribution is -0.143. The molecule has 1 heterocycles. The van der Waals surface area contributed by atoms with Crippen LogP contribution in [0.2, 0.25) is 0 Å². The minimum Gasteiger partial charge on any atom is -0.466 e. The van der Waals surface area contributed by atoms with Crippen molar-refractivity contribution in [3.8, 4) is 0 Å². The van der Waals surface area contributed by atoms with Crippen LogP contribution in [-0.2, 0) is 9.53 Å². The van der Waals surface area contributed by atoms with E-state index < -0.39 is 0 Å². The van der Waals surface area contributed by atoms with Gasteiger partial charge in [0.25, 0.3) is 0 Å². The molecule has 0 amide bonds. The Labute approximate surface area is 117 Å². The van der Waals surface area contributed by atoms with Crippen LogP contribution in [0.25, 0.3) is 0 Å². The molecule has 1 N–H and O–H groups in total. The van der Waals surface area contributed by atoms with E-state index in [4.69, 9.17) is 4.74 Å². The van der Waals surface area contributed by atoms with Gasteiger partial charge < -0.3 is 15.0 Å². The molecule has 0 aliphatic carbocycles. The van der Waals surface area contributed by atoms with Crippen molar-refractivity contribution in [3.05, 3.63) is 0 Å². The number of carbonyl (C=O) groups excluding carboxylic acids is 1. The smallest absolute Gasteiger partial charge is 0.305 e. The minimum absolute atomic E-state index is 0.0535. The van der Waals surface area contributed by atoms with Crippen LogP contribution in [0.1, 0.15) is 51.9 Å². The fourth-order valence-electron chi connectivity index (χ4n) is 2.61. The summed E-state index contributed by atoms with van der Waals surface area (Å²) in [6.07, 6.45) is 7.81. The number of hydrogen-bond donors (Lipinski definition) is 1. The highest BCUT2D eigenvalue weighted by atomic mass is 16.5. The van der Waals surface area contributed by atoms with Crippen LogP contribution in [0.4, 0.5) is 0 Å². The Kier molecular flexibility index (Phi) is 8.84. The van der Waals surface area contributed by atoms with Crippen molar-refractivity contribution >= 4 is 5.97 Å². The van der Waals surface area contributed by atoms with Crippen molar-refractivity contribution in [1.82, 2.24) is 10.2 Å². The van der Waals surface area contributed by atoms with Gasteiger partial charge in [-0.2, -0.15) is 0 Å². The largest absolute Gasteiger partial charge is 0.466 e. The molecule has 1 fully saturated rings. The van der Waals surface area contributed by atoms with E-state index in [1.165, 1.54) is 32.2 Å². The lowest BCUT2D eigenvalue weighted by atomic mass is 10.0. The van der Waals surface area contributed by atoms with Gasteiger partial charge >= 0.3 is 5.97 Å².